The summed E-state index contributed by atoms with van der Waals surface area (Å²) in [4.78, 5) is 26.7. The van der Waals surface area contributed by atoms with Gasteiger partial charge in [0.05, 0.1) is 16.5 Å². The van der Waals surface area contributed by atoms with Crippen molar-refractivity contribution in [3.63, 3.8) is 0 Å². The fourth-order valence-electron chi connectivity index (χ4n) is 2.54. The van der Waals surface area contributed by atoms with Crippen LogP contribution in [0, 0.1) is 0 Å². The van der Waals surface area contributed by atoms with Crippen LogP contribution in [-0.4, -0.2) is 44.0 Å². The largest absolute Gasteiger partial charge is 0.338 e. The summed E-state index contributed by atoms with van der Waals surface area (Å²) >= 11 is 9.47. The van der Waals surface area contributed by atoms with Crippen molar-refractivity contribution in [3.8, 4) is 11.6 Å². The Morgan fingerprint density at radius 1 is 1.24 bits per heavy atom. The third kappa shape index (κ3) is 3.14. The Morgan fingerprint density at radius 3 is 2.76 bits per heavy atom. The minimum absolute atomic E-state index is 0.000148. The Labute approximate surface area is 156 Å². The van der Waals surface area contributed by atoms with E-state index in [2.05, 4.69) is 36.0 Å². The molecule has 0 bridgehead atoms. The first-order valence-electron chi connectivity index (χ1n) is 7.47. The zero-order chi connectivity index (χ0) is 17.4. The number of hydrogen-bond donors (Lipinski definition) is 0. The molecule has 3 heterocycles. The van der Waals surface area contributed by atoms with Gasteiger partial charge in [-0.15, -0.1) is 0 Å². The Balaban J connectivity index is 1.45. The number of benzene rings is 1. The first-order chi connectivity index (χ1) is 12.1. The number of aromatic nitrogens is 4. The molecule has 1 saturated heterocycles. The summed E-state index contributed by atoms with van der Waals surface area (Å²) in [5.74, 6) is 1.11. The molecular formula is C16H11BrClN5O2. The van der Waals surface area contributed by atoms with Crippen molar-refractivity contribution < 1.29 is 9.32 Å². The zero-order valence-electron chi connectivity index (χ0n) is 12.8. The maximum absolute atomic E-state index is 12.5. The third-order valence-electron chi connectivity index (χ3n) is 3.88. The van der Waals surface area contributed by atoms with Crippen molar-refractivity contribution in [2.24, 2.45) is 0 Å². The molecule has 25 heavy (non-hydrogen) atoms. The van der Waals surface area contributed by atoms with Crippen molar-refractivity contribution in [2.75, 3.05) is 13.1 Å². The molecule has 0 radical (unpaired) electrons. The van der Waals surface area contributed by atoms with Crippen LogP contribution in [0.4, 0.5) is 0 Å². The van der Waals surface area contributed by atoms with Crippen LogP contribution in [0.15, 0.2) is 45.7 Å². The predicted molar refractivity (Wildman–Crippen MR) is 93.1 cm³/mol. The molecule has 0 unspecified atom stereocenters. The number of rotatable bonds is 3. The fraction of sp³-hybridized carbons (Fsp3) is 0.188. The molecule has 0 aliphatic carbocycles. The molecule has 1 aromatic carbocycles. The van der Waals surface area contributed by atoms with Crippen molar-refractivity contribution >= 4 is 33.4 Å². The molecule has 1 aliphatic rings. The molecule has 2 aromatic heterocycles. The number of likely N-dealkylation sites (tertiary alicyclic amines) is 1. The number of halogens is 2. The predicted octanol–water partition coefficient (Wildman–Crippen LogP) is 3.18. The van der Waals surface area contributed by atoms with Gasteiger partial charge in [-0.1, -0.05) is 32.7 Å². The van der Waals surface area contributed by atoms with Crippen LogP contribution >= 0.6 is 27.5 Å². The van der Waals surface area contributed by atoms with E-state index >= 15 is 0 Å². The summed E-state index contributed by atoms with van der Waals surface area (Å²) in [6, 6.07) is 6.92. The summed E-state index contributed by atoms with van der Waals surface area (Å²) in [5, 5.41) is 4.33. The molecule has 7 nitrogen and oxygen atoms in total. The van der Waals surface area contributed by atoms with Crippen molar-refractivity contribution in [2.45, 2.75) is 5.92 Å². The number of carbonyl (C=O) groups is 1. The molecule has 3 aromatic rings. The van der Waals surface area contributed by atoms with Gasteiger partial charge in [0.25, 0.3) is 5.91 Å². The standard InChI is InChI=1S/C16H11BrClN5O2/c17-10-2-3-12(18)11(6-10)16(24)23-7-9(8-23)15-21-14(22-25-15)13-19-4-1-5-20-13/h1-6,9H,7-8H2. The molecule has 0 atom stereocenters. The number of carbonyl (C=O) groups excluding carboxylic acids is 1. The molecule has 4 rings (SSSR count). The highest BCUT2D eigenvalue weighted by atomic mass is 79.9. The van der Waals surface area contributed by atoms with Gasteiger partial charge in [-0.25, -0.2) is 9.97 Å². The normalized spacial score (nSPS) is 14.4. The number of hydrogen-bond acceptors (Lipinski definition) is 6. The van der Waals surface area contributed by atoms with Crippen molar-refractivity contribution in [1.29, 1.82) is 0 Å². The Bertz CT molecular complexity index is 927. The van der Waals surface area contributed by atoms with E-state index in [1.54, 1.807) is 41.6 Å². The molecular weight excluding hydrogens is 410 g/mol. The lowest BCUT2D eigenvalue weighted by Gasteiger charge is -2.37. The number of nitrogens with zero attached hydrogens (tertiary/aromatic N) is 5. The average Bonchev–Trinajstić information content (AvgIpc) is 3.06. The Kier molecular flexibility index (Phi) is 4.22. The van der Waals surface area contributed by atoms with Gasteiger partial charge >= 0.3 is 0 Å². The lowest BCUT2D eigenvalue weighted by molar-refractivity contribution is 0.0569. The summed E-state index contributed by atoms with van der Waals surface area (Å²) in [7, 11) is 0. The van der Waals surface area contributed by atoms with Gasteiger partial charge in [0.15, 0.2) is 0 Å². The second-order valence-corrected chi connectivity index (χ2v) is 6.88. The minimum atomic E-state index is -0.117. The lowest BCUT2D eigenvalue weighted by atomic mass is 9.99. The minimum Gasteiger partial charge on any atom is -0.338 e. The smallest absolute Gasteiger partial charge is 0.255 e. The Morgan fingerprint density at radius 2 is 2.00 bits per heavy atom. The highest BCUT2D eigenvalue weighted by Crippen LogP contribution is 2.30. The summed E-state index contributed by atoms with van der Waals surface area (Å²) < 4.78 is 6.09. The van der Waals surface area contributed by atoms with Gasteiger partial charge in [-0.2, -0.15) is 4.98 Å². The van der Waals surface area contributed by atoms with Gasteiger partial charge in [0.2, 0.25) is 17.5 Å². The quantitative estimate of drug-likeness (QED) is 0.647. The van der Waals surface area contributed by atoms with Crippen LogP contribution in [0.25, 0.3) is 11.6 Å². The van der Waals surface area contributed by atoms with Crippen molar-refractivity contribution in [1.82, 2.24) is 25.0 Å². The molecule has 0 saturated carbocycles. The molecule has 0 N–H and O–H groups in total. The van der Waals surface area contributed by atoms with E-state index in [1.165, 1.54) is 0 Å². The fourth-order valence-corrected chi connectivity index (χ4v) is 3.10. The van der Waals surface area contributed by atoms with Gasteiger partial charge < -0.3 is 9.42 Å². The zero-order valence-corrected chi connectivity index (χ0v) is 15.1. The molecule has 126 valence electrons. The van der Waals surface area contributed by atoms with E-state index in [1.807, 2.05) is 0 Å². The average molecular weight is 421 g/mol. The van der Waals surface area contributed by atoms with E-state index in [0.717, 1.165) is 4.47 Å². The summed E-state index contributed by atoms with van der Waals surface area (Å²) in [5.41, 5.74) is 0.471. The van der Waals surface area contributed by atoms with Gasteiger partial charge in [-0.05, 0) is 24.3 Å². The van der Waals surface area contributed by atoms with Gasteiger partial charge in [-0.3, -0.25) is 4.79 Å². The lowest BCUT2D eigenvalue weighted by Crippen LogP contribution is -2.48. The monoisotopic (exact) mass is 419 g/mol. The van der Waals surface area contributed by atoms with E-state index < -0.39 is 0 Å². The van der Waals surface area contributed by atoms with Crippen LogP contribution in [0.1, 0.15) is 22.2 Å². The maximum atomic E-state index is 12.5. The SMILES string of the molecule is O=C(c1cc(Br)ccc1Cl)N1CC(c2nc(-c3ncccn3)no2)C1. The maximum Gasteiger partial charge on any atom is 0.255 e. The second-order valence-electron chi connectivity index (χ2n) is 5.56. The third-order valence-corrected chi connectivity index (χ3v) is 4.71. The van der Waals surface area contributed by atoms with Crippen LogP contribution in [-0.2, 0) is 0 Å². The highest BCUT2D eigenvalue weighted by molar-refractivity contribution is 9.10. The Hall–Kier alpha value is -2.32. The van der Waals surface area contributed by atoms with Gasteiger partial charge in [0, 0.05) is 30.0 Å². The van der Waals surface area contributed by atoms with Crippen LogP contribution in [0.3, 0.4) is 0 Å². The molecule has 0 spiro atoms. The first kappa shape index (κ1) is 16.2. The van der Waals surface area contributed by atoms with Crippen LogP contribution in [0.2, 0.25) is 5.02 Å². The highest BCUT2D eigenvalue weighted by Gasteiger charge is 2.36. The second kappa shape index (κ2) is 6.53. The summed E-state index contributed by atoms with van der Waals surface area (Å²) in [6.45, 7) is 0.998. The molecule has 1 aliphatic heterocycles. The van der Waals surface area contributed by atoms with E-state index in [4.69, 9.17) is 16.1 Å². The van der Waals surface area contributed by atoms with Crippen molar-refractivity contribution in [3.05, 3.63) is 57.6 Å². The first-order valence-corrected chi connectivity index (χ1v) is 8.64. The van der Waals surface area contributed by atoms with Gasteiger partial charge in [0.1, 0.15) is 0 Å². The topological polar surface area (TPSA) is 85.0 Å². The van der Waals surface area contributed by atoms with E-state index in [-0.39, 0.29) is 11.8 Å². The molecule has 9 heteroatoms. The summed E-state index contributed by atoms with van der Waals surface area (Å²) in [6.07, 6.45) is 3.23. The number of amides is 1. The van der Waals surface area contributed by atoms with E-state index in [0.29, 0.717) is 41.2 Å². The van der Waals surface area contributed by atoms with Crippen LogP contribution < -0.4 is 0 Å². The van der Waals surface area contributed by atoms with Crippen LogP contribution in [0.5, 0.6) is 0 Å². The van der Waals surface area contributed by atoms with E-state index in [9.17, 15) is 4.79 Å². The molecule has 1 amide bonds. The molecule has 1 fully saturated rings.